The number of hydrogen-bond acceptors (Lipinski definition) is 4. The Morgan fingerprint density at radius 1 is 0.707 bits per heavy atom. The van der Waals surface area contributed by atoms with E-state index in [-0.39, 0.29) is 17.6 Å². The molecule has 1 saturated heterocycles. The van der Waals surface area contributed by atoms with Crippen molar-refractivity contribution >= 4 is 0 Å². The lowest BCUT2D eigenvalue weighted by molar-refractivity contribution is 0.247. The highest BCUT2D eigenvalue weighted by molar-refractivity contribution is 5.50. The van der Waals surface area contributed by atoms with E-state index in [1.54, 1.807) is 12.1 Å². The van der Waals surface area contributed by atoms with Gasteiger partial charge in [0.05, 0.1) is 13.2 Å². The van der Waals surface area contributed by atoms with Crippen molar-refractivity contribution < 1.29 is 14.6 Å². The minimum Gasteiger partial charge on any atom is -0.508 e. The Kier molecular flexibility index (Phi) is 11.4. The maximum atomic E-state index is 10.0. The zero-order valence-corrected chi connectivity index (χ0v) is 24.8. The van der Waals surface area contributed by atoms with E-state index in [4.69, 9.17) is 9.47 Å². The Bertz CT molecular complexity index is 1160. The monoisotopic (exact) mass is 555 g/mol. The van der Waals surface area contributed by atoms with Crippen LogP contribution >= 0.6 is 0 Å². The molecule has 0 radical (unpaired) electrons. The van der Waals surface area contributed by atoms with Gasteiger partial charge in [0.25, 0.3) is 0 Å². The summed E-state index contributed by atoms with van der Waals surface area (Å²) in [6.07, 6.45) is 16.3. The van der Waals surface area contributed by atoms with E-state index in [9.17, 15) is 5.11 Å². The average molecular weight is 556 g/mol. The minimum atomic E-state index is 0.158. The van der Waals surface area contributed by atoms with Crippen molar-refractivity contribution in [3.63, 3.8) is 0 Å². The Hall–Kier alpha value is -2.98. The summed E-state index contributed by atoms with van der Waals surface area (Å²) in [7, 11) is 0. The first-order valence-corrected chi connectivity index (χ1v) is 16.2. The second kappa shape index (κ2) is 15.9. The minimum absolute atomic E-state index is 0.158. The molecule has 1 fully saturated rings. The van der Waals surface area contributed by atoms with Crippen LogP contribution in [0.3, 0.4) is 0 Å². The van der Waals surface area contributed by atoms with Gasteiger partial charge in [0.15, 0.2) is 0 Å². The van der Waals surface area contributed by atoms with E-state index in [1.807, 2.05) is 6.07 Å². The zero-order chi connectivity index (χ0) is 28.1. The molecule has 5 rings (SSSR count). The number of benzene rings is 3. The molecular weight excluding hydrogens is 506 g/mol. The largest absolute Gasteiger partial charge is 0.508 e. The third kappa shape index (κ3) is 8.75. The number of aromatic hydroxyl groups is 1. The summed E-state index contributed by atoms with van der Waals surface area (Å²) in [5, 5.41) is 10.0. The lowest BCUT2D eigenvalue weighted by Crippen LogP contribution is -2.25. The second-order valence-electron chi connectivity index (χ2n) is 12.0. The molecule has 0 spiro atoms. The number of unbranched alkanes of at least 4 members (excludes halogenated alkanes) is 9. The molecule has 0 bridgehead atoms. The molecule has 2 atom stereocenters. The van der Waals surface area contributed by atoms with Crippen LogP contribution < -0.4 is 9.47 Å². The molecule has 4 heteroatoms. The highest BCUT2D eigenvalue weighted by Crippen LogP contribution is 2.47. The summed E-state index contributed by atoms with van der Waals surface area (Å²) in [5.41, 5.74) is 3.63. The Morgan fingerprint density at radius 2 is 1.37 bits per heavy atom. The third-order valence-electron chi connectivity index (χ3n) is 8.96. The zero-order valence-electron chi connectivity index (χ0n) is 24.8. The van der Waals surface area contributed by atoms with Gasteiger partial charge in [-0.05, 0) is 74.6 Å². The fourth-order valence-corrected chi connectivity index (χ4v) is 6.62. The molecule has 0 aliphatic carbocycles. The summed E-state index contributed by atoms with van der Waals surface area (Å²) in [6.45, 7) is 5.38. The fraction of sp³-hybridized carbons (Fsp3) is 0.514. The Balaban J connectivity index is 1.00. The lowest BCUT2D eigenvalue weighted by Gasteiger charge is -2.34. The smallest absolute Gasteiger partial charge is 0.126 e. The number of fused-ring (bicyclic) bond motifs is 1. The molecule has 220 valence electrons. The van der Waals surface area contributed by atoms with Crippen LogP contribution in [0.15, 0.2) is 72.8 Å². The molecule has 2 aliphatic heterocycles. The third-order valence-corrected chi connectivity index (χ3v) is 8.96. The maximum absolute atomic E-state index is 10.0. The van der Waals surface area contributed by atoms with E-state index < -0.39 is 0 Å². The number of rotatable bonds is 16. The van der Waals surface area contributed by atoms with Gasteiger partial charge in [-0.2, -0.15) is 0 Å². The van der Waals surface area contributed by atoms with Crippen LogP contribution in [-0.2, 0) is 0 Å². The number of ether oxygens (including phenoxy) is 2. The second-order valence-corrected chi connectivity index (χ2v) is 12.0. The van der Waals surface area contributed by atoms with Gasteiger partial charge in [0.2, 0.25) is 0 Å². The quantitative estimate of drug-likeness (QED) is 0.179. The standard InChI is InChI=1S/C37H49NO3/c39-32-20-23-34-36(28-32)41-29-35(30-16-10-9-11-17-30)37(34)31-18-21-33(22-19-31)40-27-15-8-6-4-2-1-3-5-7-12-24-38-25-13-14-26-38/h9-11,16-23,28,35,37,39H,1-8,12-15,24-27,29H2/t35-,37+/m0/s1. The van der Waals surface area contributed by atoms with Crippen molar-refractivity contribution in [3.05, 3.63) is 89.5 Å². The SMILES string of the molecule is Oc1ccc2c(c1)OC[C@@H](c1ccccc1)[C@@H]2c1ccc(OCCCCCCCCCCCCN2CCCC2)cc1. The van der Waals surface area contributed by atoms with Crippen LogP contribution in [0.5, 0.6) is 17.2 Å². The van der Waals surface area contributed by atoms with Gasteiger partial charge in [-0.3, -0.25) is 0 Å². The van der Waals surface area contributed by atoms with Crippen LogP contribution in [0.4, 0.5) is 0 Å². The molecule has 2 heterocycles. The molecule has 2 aliphatic rings. The number of hydrogen-bond donors (Lipinski definition) is 1. The number of phenols is 1. The molecule has 0 unspecified atom stereocenters. The van der Waals surface area contributed by atoms with Crippen molar-refractivity contribution in [2.24, 2.45) is 0 Å². The fourth-order valence-electron chi connectivity index (χ4n) is 6.62. The molecular formula is C37H49NO3. The van der Waals surface area contributed by atoms with Crippen LogP contribution in [0.25, 0.3) is 0 Å². The Labute approximate surface area is 247 Å². The number of likely N-dealkylation sites (tertiary alicyclic amines) is 1. The predicted octanol–water partition coefficient (Wildman–Crippen LogP) is 9.08. The summed E-state index contributed by atoms with van der Waals surface area (Å²) in [4.78, 5) is 2.64. The Morgan fingerprint density at radius 3 is 2.07 bits per heavy atom. The summed E-state index contributed by atoms with van der Waals surface area (Å²) in [5.74, 6) is 2.32. The van der Waals surface area contributed by atoms with Crippen molar-refractivity contribution in [2.75, 3.05) is 32.8 Å². The highest BCUT2D eigenvalue weighted by Gasteiger charge is 2.33. The first kappa shape index (κ1) is 29.5. The van der Waals surface area contributed by atoms with Crippen LogP contribution in [0.1, 0.15) is 106 Å². The summed E-state index contributed by atoms with van der Waals surface area (Å²) in [6, 6.07) is 24.7. The molecule has 1 N–H and O–H groups in total. The predicted molar refractivity (Wildman–Crippen MR) is 168 cm³/mol. The molecule has 0 aromatic heterocycles. The van der Waals surface area contributed by atoms with Gasteiger partial charge in [0.1, 0.15) is 17.2 Å². The first-order chi connectivity index (χ1) is 20.3. The van der Waals surface area contributed by atoms with E-state index in [0.29, 0.717) is 6.61 Å². The molecule has 41 heavy (non-hydrogen) atoms. The van der Waals surface area contributed by atoms with E-state index in [0.717, 1.165) is 30.1 Å². The molecule has 3 aromatic rings. The maximum Gasteiger partial charge on any atom is 0.126 e. The van der Waals surface area contributed by atoms with Crippen molar-refractivity contribution in [1.29, 1.82) is 0 Å². The van der Waals surface area contributed by atoms with Crippen molar-refractivity contribution in [2.45, 2.75) is 88.9 Å². The van der Waals surface area contributed by atoms with E-state index in [2.05, 4.69) is 59.5 Å². The van der Waals surface area contributed by atoms with Gasteiger partial charge in [-0.25, -0.2) is 0 Å². The van der Waals surface area contributed by atoms with Crippen molar-refractivity contribution in [1.82, 2.24) is 4.90 Å². The topological polar surface area (TPSA) is 41.9 Å². The van der Waals surface area contributed by atoms with E-state index >= 15 is 0 Å². The normalized spacial score (nSPS) is 18.6. The lowest BCUT2D eigenvalue weighted by atomic mass is 9.76. The van der Waals surface area contributed by atoms with Crippen LogP contribution in [-0.4, -0.2) is 42.9 Å². The van der Waals surface area contributed by atoms with Crippen LogP contribution in [0.2, 0.25) is 0 Å². The van der Waals surface area contributed by atoms with Gasteiger partial charge in [0, 0.05) is 23.5 Å². The van der Waals surface area contributed by atoms with Gasteiger partial charge in [-0.15, -0.1) is 0 Å². The first-order valence-electron chi connectivity index (χ1n) is 16.2. The van der Waals surface area contributed by atoms with Crippen molar-refractivity contribution in [3.8, 4) is 17.2 Å². The van der Waals surface area contributed by atoms with Crippen LogP contribution in [0, 0.1) is 0 Å². The number of nitrogens with zero attached hydrogens (tertiary/aromatic N) is 1. The molecule has 3 aromatic carbocycles. The summed E-state index contributed by atoms with van der Waals surface area (Å²) >= 11 is 0. The van der Waals surface area contributed by atoms with Gasteiger partial charge >= 0.3 is 0 Å². The van der Waals surface area contributed by atoms with E-state index in [1.165, 1.54) is 101 Å². The number of phenolic OH excluding ortho intramolecular Hbond substituents is 1. The highest BCUT2D eigenvalue weighted by atomic mass is 16.5. The summed E-state index contributed by atoms with van der Waals surface area (Å²) < 4.78 is 12.2. The van der Waals surface area contributed by atoms with Gasteiger partial charge < -0.3 is 19.5 Å². The molecule has 0 saturated carbocycles. The molecule has 4 nitrogen and oxygen atoms in total. The van der Waals surface area contributed by atoms with Gasteiger partial charge in [-0.1, -0.05) is 99.9 Å². The molecule has 0 amide bonds. The average Bonchev–Trinajstić information content (AvgIpc) is 3.53.